The average molecular weight is 158 g/mol. The van der Waals surface area contributed by atoms with Crippen LogP contribution in [-0.4, -0.2) is 20.6 Å². The summed E-state index contributed by atoms with van der Waals surface area (Å²) < 4.78 is 1.49. The third-order valence-electron chi connectivity index (χ3n) is 1.11. The van der Waals surface area contributed by atoms with Gasteiger partial charge in [-0.2, -0.15) is 0 Å². The average Bonchev–Trinajstić information content (AvgIpc) is 2.20. The third kappa shape index (κ3) is 1.23. The molecule has 0 radical (unpaired) electrons. The number of hydrogen-bond donors (Lipinski definition) is 1. The van der Waals surface area contributed by atoms with Crippen LogP contribution in [0, 0.1) is 6.92 Å². The summed E-state index contributed by atoms with van der Waals surface area (Å²) in [5.74, 6) is 7.27. The van der Waals surface area contributed by atoms with Gasteiger partial charge in [0.15, 0.2) is 0 Å². The predicted molar refractivity (Wildman–Crippen MR) is 41.3 cm³/mol. The molecular formula is C5H10N4S. The van der Waals surface area contributed by atoms with Crippen LogP contribution in [0.15, 0.2) is 5.16 Å². The van der Waals surface area contributed by atoms with Crippen LogP contribution in [0.4, 0.5) is 0 Å². The van der Waals surface area contributed by atoms with Gasteiger partial charge in [-0.25, -0.2) is 4.68 Å². The smallest absolute Gasteiger partial charge is 0.209 e. The summed E-state index contributed by atoms with van der Waals surface area (Å²) in [6.07, 6.45) is 0. The molecule has 0 atom stereocenters. The molecule has 2 N–H and O–H groups in total. The maximum atomic E-state index is 5.56. The minimum Gasteiger partial charge on any atom is -0.336 e. The van der Waals surface area contributed by atoms with E-state index in [1.165, 1.54) is 4.68 Å². The highest BCUT2D eigenvalue weighted by Gasteiger charge is 2.03. The van der Waals surface area contributed by atoms with Gasteiger partial charge in [-0.3, -0.25) is 0 Å². The Morgan fingerprint density at radius 2 is 2.30 bits per heavy atom. The minimum absolute atomic E-state index is 0.746. The van der Waals surface area contributed by atoms with E-state index in [2.05, 4.69) is 17.1 Å². The molecule has 10 heavy (non-hydrogen) atoms. The zero-order valence-corrected chi connectivity index (χ0v) is 6.85. The van der Waals surface area contributed by atoms with Gasteiger partial charge in [0.05, 0.1) is 0 Å². The van der Waals surface area contributed by atoms with Crippen LogP contribution in [0.5, 0.6) is 0 Å². The Balaban J connectivity index is 2.83. The highest BCUT2D eigenvalue weighted by molar-refractivity contribution is 7.99. The fraction of sp³-hybridized carbons (Fsp3) is 0.600. The van der Waals surface area contributed by atoms with E-state index >= 15 is 0 Å². The Morgan fingerprint density at radius 3 is 2.70 bits per heavy atom. The molecule has 0 spiro atoms. The van der Waals surface area contributed by atoms with E-state index in [0.29, 0.717) is 0 Å². The van der Waals surface area contributed by atoms with Gasteiger partial charge in [0.25, 0.3) is 0 Å². The van der Waals surface area contributed by atoms with E-state index in [1.54, 1.807) is 11.8 Å². The van der Waals surface area contributed by atoms with Crippen LogP contribution in [-0.2, 0) is 0 Å². The number of nitrogen functional groups attached to an aromatic ring is 1. The number of rotatable bonds is 2. The van der Waals surface area contributed by atoms with Crippen molar-refractivity contribution in [3.63, 3.8) is 0 Å². The van der Waals surface area contributed by atoms with Crippen LogP contribution in [0.1, 0.15) is 12.7 Å². The molecule has 1 heterocycles. The largest absolute Gasteiger partial charge is 0.336 e. The molecule has 0 saturated heterocycles. The summed E-state index contributed by atoms with van der Waals surface area (Å²) in [7, 11) is 0. The number of nitrogens with zero attached hydrogens (tertiary/aromatic N) is 3. The van der Waals surface area contributed by atoms with Crippen LogP contribution in [0.25, 0.3) is 0 Å². The van der Waals surface area contributed by atoms with Gasteiger partial charge >= 0.3 is 0 Å². The first kappa shape index (κ1) is 7.40. The SMILES string of the molecule is CCSc1nnc(C)n1N. The van der Waals surface area contributed by atoms with E-state index in [4.69, 9.17) is 5.84 Å². The fourth-order valence-electron chi connectivity index (χ4n) is 0.577. The first-order chi connectivity index (χ1) is 4.75. The Hall–Kier alpha value is -0.710. The number of thioether (sulfide) groups is 1. The molecule has 5 heteroatoms. The van der Waals surface area contributed by atoms with Gasteiger partial charge in [0, 0.05) is 0 Å². The summed E-state index contributed by atoms with van der Waals surface area (Å²) in [5.41, 5.74) is 0. The zero-order chi connectivity index (χ0) is 7.56. The van der Waals surface area contributed by atoms with Gasteiger partial charge in [0.2, 0.25) is 5.16 Å². The molecule has 0 bridgehead atoms. The summed E-state index contributed by atoms with van der Waals surface area (Å²) in [6, 6.07) is 0. The summed E-state index contributed by atoms with van der Waals surface area (Å²) in [5, 5.41) is 8.44. The van der Waals surface area contributed by atoms with Crippen molar-refractivity contribution in [2.75, 3.05) is 11.6 Å². The molecule has 0 aromatic carbocycles. The van der Waals surface area contributed by atoms with E-state index in [1.807, 2.05) is 6.92 Å². The lowest BCUT2D eigenvalue weighted by atomic mass is 10.7. The second-order valence-electron chi connectivity index (χ2n) is 1.83. The first-order valence-electron chi connectivity index (χ1n) is 3.05. The normalized spacial score (nSPS) is 10.2. The lowest BCUT2D eigenvalue weighted by Gasteiger charge is -1.96. The van der Waals surface area contributed by atoms with Gasteiger partial charge in [-0.15, -0.1) is 10.2 Å². The van der Waals surface area contributed by atoms with Crippen LogP contribution in [0.3, 0.4) is 0 Å². The number of aryl methyl sites for hydroxylation is 1. The first-order valence-corrected chi connectivity index (χ1v) is 4.04. The van der Waals surface area contributed by atoms with Crippen LogP contribution < -0.4 is 5.84 Å². The number of nitrogens with two attached hydrogens (primary N) is 1. The lowest BCUT2D eigenvalue weighted by Crippen LogP contribution is -2.11. The Morgan fingerprint density at radius 1 is 1.60 bits per heavy atom. The lowest BCUT2D eigenvalue weighted by molar-refractivity contribution is 0.826. The topological polar surface area (TPSA) is 56.7 Å². The van der Waals surface area contributed by atoms with Gasteiger partial charge < -0.3 is 5.84 Å². The van der Waals surface area contributed by atoms with Crippen molar-refractivity contribution in [1.82, 2.24) is 14.9 Å². The van der Waals surface area contributed by atoms with Gasteiger partial charge in [0.1, 0.15) is 5.82 Å². The Kier molecular flexibility index (Phi) is 2.16. The second kappa shape index (κ2) is 2.92. The molecule has 0 unspecified atom stereocenters. The molecule has 0 aliphatic rings. The van der Waals surface area contributed by atoms with Crippen molar-refractivity contribution in [3.05, 3.63) is 5.82 Å². The molecule has 0 fully saturated rings. The van der Waals surface area contributed by atoms with Crippen molar-refractivity contribution >= 4 is 11.8 Å². The van der Waals surface area contributed by atoms with E-state index < -0.39 is 0 Å². The molecule has 1 aromatic rings. The third-order valence-corrected chi connectivity index (χ3v) is 1.93. The van der Waals surface area contributed by atoms with Gasteiger partial charge in [-0.1, -0.05) is 18.7 Å². The summed E-state index contributed by atoms with van der Waals surface area (Å²) in [6.45, 7) is 3.88. The van der Waals surface area contributed by atoms with Gasteiger partial charge in [-0.05, 0) is 12.7 Å². The van der Waals surface area contributed by atoms with E-state index in [9.17, 15) is 0 Å². The fourth-order valence-corrected chi connectivity index (χ4v) is 1.21. The van der Waals surface area contributed by atoms with Crippen molar-refractivity contribution in [1.29, 1.82) is 0 Å². The highest BCUT2D eigenvalue weighted by Crippen LogP contribution is 2.12. The predicted octanol–water partition coefficient (Wildman–Crippen LogP) is 0.412. The molecule has 0 saturated carbocycles. The maximum absolute atomic E-state index is 5.56. The standard InChI is InChI=1S/C5H10N4S/c1-3-10-5-8-7-4(2)9(5)6/h3,6H2,1-2H3. The van der Waals surface area contributed by atoms with Crippen molar-refractivity contribution in [2.24, 2.45) is 0 Å². The molecule has 1 aromatic heterocycles. The van der Waals surface area contributed by atoms with Crippen molar-refractivity contribution < 1.29 is 0 Å². The van der Waals surface area contributed by atoms with Crippen LogP contribution in [0.2, 0.25) is 0 Å². The Bertz CT molecular complexity index is 219. The second-order valence-corrected chi connectivity index (χ2v) is 3.06. The minimum atomic E-state index is 0.746. The molecule has 0 amide bonds. The quantitative estimate of drug-likeness (QED) is 0.500. The molecular weight excluding hydrogens is 148 g/mol. The molecule has 56 valence electrons. The van der Waals surface area contributed by atoms with Crippen LogP contribution >= 0.6 is 11.8 Å². The summed E-state index contributed by atoms with van der Waals surface area (Å²) in [4.78, 5) is 0. The number of hydrogen-bond acceptors (Lipinski definition) is 4. The molecule has 0 aliphatic heterocycles. The maximum Gasteiger partial charge on any atom is 0.209 e. The van der Waals surface area contributed by atoms with Crippen molar-refractivity contribution in [2.45, 2.75) is 19.0 Å². The Labute approximate surface area is 63.8 Å². The van der Waals surface area contributed by atoms with E-state index in [-0.39, 0.29) is 0 Å². The van der Waals surface area contributed by atoms with E-state index in [0.717, 1.165) is 16.7 Å². The highest BCUT2D eigenvalue weighted by atomic mass is 32.2. The molecule has 1 rings (SSSR count). The summed E-state index contributed by atoms with van der Waals surface area (Å²) >= 11 is 1.59. The zero-order valence-electron chi connectivity index (χ0n) is 6.03. The number of aromatic nitrogens is 3. The molecule has 4 nitrogen and oxygen atoms in total. The van der Waals surface area contributed by atoms with Crippen molar-refractivity contribution in [3.8, 4) is 0 Å². The molecule has 0 aliphatic carbocycles. The monoisotopic (exact) mass is 158 g/mol.